The monoisotopic (exact) mass is 385 g/mol. The number of anilines is 2. The van der Waals surface area contributed by atoms with Gasteiger partial charge in [-0.1, -0.05) is 12.8 Å². The highest BCUT2D eigenvalue weighted by atomic mass is 16.5. The quantitative estimate of drug-likeness (QED) is 0.491. The third kappa shape index (κ3) is 4.24. The number of carbonyl (C=O) groups is 1. The Labute approximate surface area is 162 Å². The Hall–Kier alpha value is -3.50. The summed E-state index contributed by atoms with van der Waals surface area (Å²) in [6, 6.07) is 0.222. The van der Waals surface area contributed by atoms with Crippen molar-refractivity contribution in [2.24, 2.45) is 16.5 Å². The minimum Gasteiger partial charge on any atom is -0.467 e. The Bertz CT molecular complexity index is 871. The second-order valence-electron chi connectivity index (χ2n) is 6.33. The zero-order valence-electron chi connectivity index (χ0n) is 15.6. The largest absolute Gasteiger partial charge is 0.467 e. The first-order chi connectivity index (χ1) is 13.5. The highest BCUT2D eigenvalue weighted by Crippen LogP contribution is 2.31. The molecule has 1 aliphatic rings. The molecule has 0 saturated carbocycles. The summed E-state index contributed by atoms with van der Waals surface area (Å²) in [4.78, 5) is 35.1. The normalized spacial score (nSPS) is 14.2. The molecule has 0 atom stereocenters. The Morgan fingerprint density at radius 1 is 1.11 bits per heavy atom. The number of nitrogens with zero attached hydrogens (tertiary/aromatic N) is 6. The van der Waals surface area contributed by atoms with Gasteiger partial charge in [0.1, 0.15) is 5.69 Å². The van der Waals surface area contributed by atoms with Crippen molar-refractivity contribution in [2.75, 3.05) is 30.8 Å². The molecule has 0 spiro atoms. The van der Waals surface area contributed by atoms with E-state index >= 15 is 0 Å². The van der Waals surface area contributed by atoms with Crippen LogP contribution in [0.5, 0.6) is 6.01 Å². The van der Waals surface area contributed by atoms with Gasteiger partial charge < -0.3 is 26.8 Å². The highest BCUT2D eigenvalue weighted by molar-refractivity contribution is 6.03. The van der Waals surface area contributed by atoms with Crippen LogP contribution in [0.4, 0.5) is 11.6 Å². The summed E-state index contributed by atoms with van der Waals surface area (Å²) in [5.41, 5.74) is 17.5. The number of aliphatic imine (C=N–C) groups is 1. The predicted octanol–water partition coefficient (Wildman–Crippen LogP) is 0.318. The Kier molecular flexibility index (Phi) is 5.82. The third-order valence-corrected chi connectivity index (χ3v) is 4.33. The molecule has 28 heavy (non-hydrogen) atoms. The molecule has 2 aromatic heterocycles. The van der Waals surface area contributed by atoms with E-state index in [-0.39, 0.29) is 23.5 Å². The summed E-state index contributed by atoms with van der Waals surface area (Å²) < 4.78 is 5.00. The van der Waals surface area contributed by atoms with E-state index in [1.54, 1.807) is 12.4 Å². The van der Waals surface area contributed by atoms with Crippen molar-refractivity contribution in [1.29, 1.82) is 0 Å². The molecule has 11 nitrogen and oxygen atoms in total. The number of rotatable bonds is 4. The number of nitrogen functional groups attached to an aromatic ring is 1. The van der Waals surface area contributed by atoms with Gasteiger partial charge >= 0.3 is 11.9 Å². The molecule has 0 bridgehead atoms. The van der Waals surface area contributed by atoms with Crippen LogP contribution < -0.4 is 26.8 Å². The molecule has 148 valence electrons. The maximum absolute atomic E-state index is 12.3. The molecule has 11 heteroatoms. The van der Waals surface area contributed by atoms with Crippen LogP contribution in [0.3, 0.4) is 0 Å². The lowest BCUT2D eigenvalue weighted by molar-refractivity contribution is 0.0998. The summed E-state index contributed by atoms with van der Waals surface area (Å²) in [5, 5.41) is 0. The van der Waals surface area contributed by atoms with Gasteiger partial charge in [-0.15, -0.1) is 0 Å². The van der Waals surface area contributed by atoms with Crippen LogP contribution >= 0.6 is 0 Å². The van der Waals surface area contributed by atoms with Gasteiger partial charge in [0, 0.05) is 31.0 Å². The molecule has 3 heterocycles. The van der Waals surface area contributed by atoms with E-state index in [2.05, 4.69) is 29.8 Å². The Morgan fingerprint density at radius 2 is 1.75 bits per heavy atom. The van der Waals surface area contributed by atoms with E-state index in [9.17, 15) is 4.79 Å². The van der Waals surface area contributed by atoms with E-state index < -0.39 is 5.91 Å². The Balaban J connectivity index is 2.12. The van der Waals surface area contributed by atoms with Gasteiger partial charge in [0.15, 0.2) is 23.3 Å². The smallest absolute Gasteiger partial charge is 0.316 e. The van der Waals surface area contributed by atoms with Crippen LogP contribution in [0.15, 0.2) is 17.4 Å². The summed E-state index contributed by atoms with van der Waals surface area (Å²) in [6.45, 7) is 1.64. The van der Waals surface area contributed by atoms with Crippen LogP contribution in [0.25, 0.3) is 11.3 Å². The molecule has 1 amide bonds. The van der Waals surface area contributed by atoms with E-state index in [0.717, 1.165) is 38.8 Å². The van der Waals surface area contributed by atoms with E-state index in [1.165, 1.54) is 7.11 Å². The molecule has 6 N–H and O–H groups in total. The summed E-state index contributed by atoms with van der Waals surface area (Å²) in [7, 11) is 1.48. The number of methoxy groups -OCH3 is 1. The van der Waals surface area contributed by atoms with Gasteiger partial charge in [-0.25, -0.2) is 19.9 Å². The first-order valence-electron chi connectivity index (χ1n) is 8.92. The number of ether oxygens (including phenoxy) is 1. The zero-order chi connectivity index (χ0) is 20.1. The Morgan fingerprint density at radius 3 is 2.32 bits per heavy atom. The molecule has 0 unspecified atom stereocenters. The lowest BCUT2D eigenvalue weighted by Crippen LogP contribution is -2.28. The highest BCUT2D eigenvalue weighted by Gasteiger charge is 2.23. The minimum atomic E-state index is -0.761. The van der Waals surface area contributed by atoms with E-state index in [4.69, 9.17) is 21.9 Å². The third-order valence-electron chi connectivity index (χ3n) is 4.33. The van der Waals surface area contributed by atoms with Gasteiger partial charge in [-0.2, -0.15) is 4.99 Å². The van der Waals surface area contributed by atoms with Crippen LogP contribution in [0.1, 0.15) is 36.2 Å². The molecule has 1 aliphatic heterocycles. The van der Waals surface area contributed by atoms with Gasteiger partial charge in [-0.3, -0.25) is 4.79 Å². The zero-order valence-corrected chi connectivity index (χ0v) is 15.6. The molecule has 0 radical (unpaired) electrons. The van der Waals surface area contributed by atoms with Crippen molar-refractivity contribution in [2.45, 2.75) is 25.7 Å². The maximum Gasteiger partial charge on any atom is 0.316 e. The molecule has 1 fully saturated rings. The van der Waals surface area contributed by atoms with Gasteiger partial charge in [-0.05, 0) is 12.8 Å². The van der Waals surface area contributed by atoms with Gasteiger partial charge in [0.2, 0.25) is 0 Å². The minimum absolute atomic E-state index is 0.0348. The average molecular weight is 385 g/mol. The molecule has 0 aliphatic carbocycles. The second-order valence-corrected chi connectivity index (χ2v) is 6.33. The number of hydrogen-bond acceptors (Lipinski definition) is 8. The van der Waals surface area contributed by atoms with E-state index in [0.29, 0.717) is 17.1 Å². The van der Waals surface area contributed by atoms with Crippen molar-refractivity contribution >= 4 is 23.5 Å². The topological polar surface area (TPSA) is 172 Å². The number of guanidine groups is 1. The fraction of sp³-hybridized carbons (Fsp3) is 0.412. The lowest BCUT2D eigenvalue weighted by Gasteiger charge is -2.24. The van der Waals surface area contributed by atoms with Crippen molar-refractivity contribution in [3.8, 4) is 17.3 Å². The van der Waals surface area contributed by atoms with Crippen molar-refractivity contribution in [1.82, 2.24) is 19.9 Å². The first kappa shape index (κ1) is 19.3. The first-order valence-corrected chi connectivity index (χ1v) is 8.92. The van der Waals surface area contributed by atoms with Gasteiger partial charge in [0.25, 0.3) is 0 Å². The van der Waals surface area contributed by atoms with Crippen molar-refractivity contribution in [3.05, 3.63) is 18.1 Å². The van der Waals surface area contributed by atoms with Crippen LogP contribution in [0, 0.1) is 0 Å². The number of carbonyl (C=O) groups excluding carboxylic acids is 1. The second kappa shape index (κ2) is 8.46. The SMILES string of the molecule is COc1ncc(-c2nc(C(=O)N=C(N)N)c(N)nc2N2CCCCCC2)cn1. The molecule has 3 rings (SSSR count). The van der Waals surface area contributed by atoms with Crippen molar-refractivity contribution < 1.29 is 9.53 Å². The number of aromatic nitrogens is 4. The maximum atomic E-state index is 12.3. The average Bonchev–Trinajstić information content (AvgIpc) is 2.96. The van der Waals surface area contributed by atoms with E-state index in [1.807, 2.05) is 0 Å². The molecule has 0 aromatic carbocycles. The molecule has 2 aromatic rings. The standard InChI is InChI=1S/C17H23N9O2/c1-28-17-21-8-10(9-22-17)11-14(26-6-4-2-3-5-7-26)24-13(18)12(23-11)15(27)25-16(19)20/h8-9H,2-7H2,1H3,(H2,18,24)(H4,19,20,25,27). The number of nitrogens with two attached hydrogens (primary N) is 3. The number of hydrogen-bond donors (Lipinski definition) is 3. The fourth-order valence-electron chi connectivity index (χ4n) is 3.01. The van der Waals surface area contributed by atoms with Crippen LogP contribution in [0.2, 0.25) is 0 Å². The van der Waals surface area contributed by atoms with Crippen LogP contribution in [-0.4, -0.2) is 52.0 Å². The summed E-state index contributed by atoms with van der Waals surface area (Å²) >= 11 is 0. The predicted molar refractivity (Wildman–Crippen MR) is 105 cm³/mol. The fourth-order valence-corrected chi connectivity index (χ4v) is 3.01. The number of amides is 1. The van der Waals surface area contributed by atoms with Crippen LogP contribution in [-0.2, 0) is 0 Å². The summed E-state index contributed by atoms with van der Waals surface area (Å²) in [6.07, 6.45) is 7.50. The molecular formula is C17H23N9O2. The summed E-state index contributed by atoms with van der Waals surface area (Å²) in [5.74, 6) is -0.595. The van der Waals surface area contributed by atoms with Crippen molar-refractivity contribution in [3.63, 3.8) is 0 Å². The molecule has 1 saturated heterocycles. The lowest BCUT2D eigenvalue weighted by atomic mass is 10.2. The van der Waals surface area contributed by atoms with Gasteiger partial charge in [0.05, 0.1) is 7.11 Å². The molecular weight excluding hydrogens is 362 g/mol.